The Morgan fingerprint density at radius 2 is 1.78 bits per heavy atom. The number of carbonyl (C=O) groups excluding carboxylic acids is 1. The molecule has 0 aliphatic carbocycles. The maximum atomic E-state index is 12.8. The predicted octanol–water partition coefficient (Wildman–Crippen LogP) is 2.57. The van der Waals surface area contributed by atoms with Gasteiger partial charge in [-0.25, -0.2) is 9.97 Å². The molecule has 1 saturated heterocycles. The van der Waals surface area contributed by atoms with Gasteiger partial charge in [0, 0.05) is 49.0 Å². The standard InChI is InChI=1S/C20H20N4O3/c1-26-18-19(22-10-9-21-18)27-17-8-13-24(14-17)20(25)15-4-6-16(7-5-15)23-11-2-3-12-23/h2-7,9-12,17H,8,13-14H2,1H3. The first-order chi connectivity index (χ1) is 13.2. The minimum absolute atomic E-state index is 0.00580. The minimum Gasteiger partial charge on any atom is -0.477 e. The van der Waals surface area contributed by atoms with Gasteiger partial charge in [-0.1, -0.05) is 0 Å². The van der Waals surface area contributed by atoms with Crippen LogP contribution in [0.3, 0.4) is 0 Å². The van der Waals surface area contributed by atoms with E-state index in [-0.39, 0.29) is 12.0 Å². The number of carbonyl (C=O) groups is 1. The maximum Gasteiger partial charge on any atom is 0.278 e. The summed E-state index contributed by atoms with van der Waals surface area (Å²) in [6, 6.07) is 11.5. The largest absolute Gasteiger partial charge is 0.477 e. The predicted molar refractivity (Wildman–Crippen MR) is 99.3 cm³/mol. The fourth-order valence-electron chi connectivity index (χ4n) is 3.17. The van der Waals surface area contributed by atoms with Crippen molar-refractivity contribution in [2.75, 3.05) is 20.2 Å². The first-order valence-electron chi connectivity index (χ1n) is 8.79. The highest BCUT2D eigenvalue weighted by atomic mass is 16.5. The van der Waals surface area contributed by atoms with Crippen LogP contribution in [0.15, 0.2) is 61.2 Å². The summed E-state index contributed by atoms with van der Waals surface area (Å²) in [6.07, 6.45) is 7.67. The topological polar surface area (TPSA) is 69.5 Å². The molecule has 1 atom stereocenters. The van der Waals surface area contributed by atoms with Crippen LogP contribution in [0.5, 0.6) is 11.8 Å². The molecule has 0 spiro atoms. The van der Waals surface area contributed by atoms with E-state index in [1.807, 2.05) is 53.4 Å². The first-order valence-corrected chi connectivity index (χ1v) is 8.79. The second-order valence-electron chi connectivity index (χ2n) is 6.29. The fourth-order valence-corrected chi connectivity index (χ4v) is 3.17. The van der Waals surface area contributed by atoms with Gasteiger partial charge in [0.05, 0.1) is 13.7 Å². The maximum absolute atomic E-state index is 12.8. The van der Waals surface area contributed by atoms with Gasteiger partial charge in [0.1, 0.15) is 6.10 Å². The molecule has 3 aromatic rings. The van der Waals surface area contributed by atoms with Crippen molar-refractivity contribution in [2.24, 2.45) is 0 Å². The van der Waals surface area contributed by atoms with Gasteiger partial charge in [0.15, 0.2) is 0 Å². The molecule has 0 radical (unpaired) electrons. The van der Waals surface area contributed by atoms with Crippen LogP contribution in [0, 0.1) is 0 Å². The monoisotopic (exact) mass is 364 g/mol. The van der Waals surface area contributed by atoms with E-state index in [4.69, 9.17) is 9.47 Å². The van der Waals surface area contributed by atoms with Gasteiger partial charge >= 0.3 is 0 Å². The van der Waals surface area contributed by atoms with Crippen LogP contribution in [0.4, 0.5) is 0 Å². The number of amides is 1. The number of likely N-dealkylation sites (tertiary alicyclic amines) is 1. The zero-order valence-corrected chi connectivity index (χ0v) is 15.0. The van der Waals surface area contributed by atoms with Gasteiger partial charge in [-0.05, 0) is 36.4 Å². The number of ether oxygens (including phenoxy) is 2. The highest BCUT2D eigenvalue weighted by Crippen LogP contribution is 2.24. The Bertz CT molecular complexity index is 909. The Balaban J connectivity index is 1.40. The van der Waals surface area contributed by atoms with Crippen molar-refractivity contribution in [1.29, 1.82) is 0 Å². The number of benzene rings is 1. The molecule has 0 bridgehead atoms. The van der Waals surface area contributed by atoms with Crippen LogP contribution >= 0.6 is 0 Å². The van der Waals surface area contributed by atoms with Crippen LogP contribution in [-0.2, 0) is 0 Å². The third kappa shape index (κ3) is 3.62. The average molecular weight is 364 g/mol. The molecule has 27 heavy (non-hydrogen) atoms. The lowest BCUT2D eigenvalue weighted by Gasteiger charge is -2.17. The fraction of sp³-hybridized carbons (Fsp3) is 0.250. The van der Waals surface area contributed by atoms with E-state index in [1.165, 1.54) is 7.11 Å². The van der Waals surface area contributed by atoms with Crippen molar-refractivity contribution < 1.29 is 14.3 Å². The van der Waals surface area contributed by atoms with Crippen molar-refractivity contribution in [2.45, 2.75) is 12.5 Å². The molecule has 1 aromatic carbocycles. The van der Waals surface area contributed by atoms with Gasteiger partial charge in [-0.3, -0.25) is 4.79 Å². The third-order valence-corrected chi connectivity index (χ3v) is 4.55. The third-order valence-electron chi connectivity index (χ3n) is 4.55. The van der Waals surface area contributed by atoms with Gasteiger partial charge in [-0.2, -0.15) is 0 Å². The van der Waals surface area contributed by atoms with E-state index in [1.54, 1.807) is 17.3 Å². The zero-order valence-electron chi connectivity index (χ0n) is 15.0. The molecular formula is C20H20N4O3. The Hall–Kier alpha value is -3.35. The van der Waals surface area contributed by atoms with Gasteiger partial charge < -0.3 is 18.9 Å². The zero-order chi connectivity index (χ0) is 18.6. The Kier molecular flexibility index (Phi) is 4.74. The number of aromatic nitrogens is 3. The smallest absolute Gasteiger partial charge is 0.278 e. The van der Waals surface area contributed by atoms with Crippen LogP contribution in [0.1, 0.15) is 16.8 Å². The first kappa shape index (κ1) is 17.1. The molecule has 1 aliphatic heterocycles. The van der Waals surface area contributed by atoms with E-state index in [9.17, 15) is 4.79 Å². The highest BCUT2D eigenvalue weighted by molar-refractivity contribution is 5.94. The average Bonchev–Trinajstić information content (AvgIpc) is 3.40. The Morgan fingerprint density at radius 1 is 1.07 bits per heavy atom. The summed E-state index contributed by atoms with van der Waals surface area (Å²) < 4.78 is 13.0. The van der Waals surface area contributed by atoms with Crippen molar-refractivity contribution in [3.63, 3.8) is 0 Å². The molecule has 3 heterocycles. The summed E-state index contributed by atoms with van der Waals surface area (Å²) in [5, 5.41) is 0. The molecule has 7 nitrogen and oxygen atoms in total. The van der Waals surface area contributed by atoms with Crippen LogP contribution in [-0.4, -0.2) is 51.6 Å². The van der Waals surface area contributed by atoms with Crippen LogP contribution < -0.4 is 9.47 Å². The quantitative estimate of drug-likeness (QED) is 0.696. The molecule has 1 fully saturated rings. The Labute approximate surface area is 157 Å². The number of methoxy groups -OCH3 is 1. The molecule has 0 saturated carbocycles. The molecule has 138 valence electrons. The molecule has 2 aromatic heterocycles. The number of rotatable bonds is 5. The second kappa shape index (κ2) is 7.49. The van der Waals surface area contributed by atoms with Crippen molar-refractivity contribution in [1.82, 2.24) is 19.4 Å². The molecule has 1 unspecified atom stereocenters. The van der Waals surface area contributed by atoms with Crippen LogP contribution in [0.2, 0.25) is 0 Å². The minimum atomic E-state index is -0.126. The summed E-state index contributed by atoms with van der Waals surface area (Å²) >= 11 is 0. The summed E-state index contributed by atoms with van der Waals surface area (Å²) in [5.41, 5.74) is 1.69. The second-order valence-corrected chi connectivity index (χ2v) is 6.29. The number of hydrogen-bond donors (Lipinski definition) is 0. The van der Waals surface area contributed by atoms with Gasteiger partial charge in [0.25, 0.3) is 17.7 Å². The SMILES string of the molecule is COc1nccnc1OC1CCN(C(=O)c2ccc(-n3cccc3)cc2)C1. The number of hydrogen-bond acceptors (Lipinski definition) is 5. The molecule has 1 amide bonds. The molecule has 1 aliphatic rings. The molecule has 0 N–H and O–H groups in total. The van der Waals surface area contributed by atoms with E-state index >= 15 is 0 Å². The van der Waals surface area contributed by atoms with Crippen molar-refractivity contribution in [3.05, 3.63) is 66.7 Å². The van der Waals surface area contributed by atoms with Crippen molar-refractivity contribution >= 4 is 5.91 Å². The lowest BCUT2D eigenvalue weighted by atomic mass is 10.2. The summed E-state index contributed by atoms with van der Waals surface area (Å²) in [5.74, 6) is 0.713. The van der Waals surface area contributed by atoms with Gasteiger partial charge in [0.2, 0.25) is 0 Å². The van der Waals surface area contributed by atoms with Gasteiger partial charge in [-0.15, -0.1) is 0 Å². The highest BCUT2D eigenvalue weighted by Gasteiger charge is 2.29. The van der Waals surface area contributed by atoms with E-state index in [0.717, 1.165) is 12.1 Å². The van der Waals surface area contributed by atoms with E-state index in [2.05, 4.69) is 9.97 Å². The van der Waals surface area contributed by atoms with Crippen LogP contribution in [0.25, 0.3) is 5.69 Å². The summed E-state index contributed by atoms with van der Waals surface area (Å²) in [6.45, 7) is 1.16. The normalized spacial score (nSPS) is 16.3. The molecular weight excluding hydrogens is 344 g/mol. The van der Waals surface area contributed by atoms with E-state index in [0.29, 0.717) is 30.4 Å². The molecule has 7 heteroatoms. The summed E-state index contributed by atoms with van der Waals surface area (Å²) in [7, 11) is 1.53. The lowest BCUT2D eigenvalue weighted by molar-refractivity contribution is 0.0770. The summed E-state index contributed by atoms with van der Waals surface area (Å²) in [4.78, 5) is 22.8. The molecule has 4 rings (SSSR count). The van der Waals surface area contributed by atoms with Crippen molar-refractivity contribution in [3.8, 4) is 17.4 Å². The number of nitrogens with zero attached hydrogens (tertiary/aromatic N) is 4. The Morgan fingerprint density at radius 3 is 2.48 bits per heavy atom. The van der Waals surface area contributed by atoms with E-state index < -0.39 is 0 Å². The lowest BCUT2D eigenvalue weighted by Crippen LogP contribution is -2.31.